The zero-order valence-corrected chi connectivity index (χ0v) is 20.0. The van der Waals surface area contributed by atoms with Crippen LogP contribution in [0.5, 0.6) is 0 Å². The second kappa shape index (κ2) is 10.8. The van der Waals surface area contributed by atoms with Gasteiger partial charge in [0.15, 0.2) is 0 Å². The number of allylic oxidation sites excluding steroid dienone is 1. The van der Waals surface area contributed by atoms with Crippen LogP contribution in [0.2, 0.25) is 0 Å². The van der Waals surface area contributed by atoms with E-state index >= 15 is 0 Å². The average molecular weight is 463 g/mol. The van der Waals surface area contributed by atoms with Gasteiger partial charge < -0.3 is 9.73 Å². The molecule has 0 fully saturated rings. The molecule has 1 amide bonds. The number of rotatable bonds is 8. The zero-order chi connectivity index (χ0) is 23.2. The van der Waals surface area contributed by atoms with Gasteiger partial charge in [0.2, 0.25) is 5.89 Å². The second-order valence-electron chi connectivity index (χ2n) is 8.52. The zero-order valence-electron chi connectivity index (χ0n) is 19.2. The third kappa shape index (κ3) is 6.08. The maximum Gasteiger partial charge on any atom is 0.251 e. The Bertz CT molecular complexity index is 1160. The lowest BCUT2D eigenvalue weighted by atomic mass is 9.97. The highest BCUT2D eigenvalue weighted by atomic mass is 32.2. The van der Waals surface area contributed by atoms with Gasteiger partial charge in [-0.05, 0) is 82.3 Å². The number of aryl methyl sites for hydroxylation is 2. The highest BCUT2D eigenvalue weighted by Gasteiger charge is 2.16. The number of oxazole rings is 1. The van der Waals surface area contributed by atoms with Crippen LogP contribution in [0.4, 0.5) is 0 Å². The third-order valence-electron chi connectivity index (χ3n) is 5.96. The van der Waals surface area contributed by atoms with Crippen LogP contribution in [-0.2, 0) is 16.6 Å². The van der Waals surface area contributed by atoms with Crippen LogP contribution in [0, 0.1) is 13.8 Å². The van der Waals surface area contributed by atoms with Gasteiger partial charge in [0.25, 0.3) is 5.91 Å². The maximum absolute atomic E-state index is 12.7. The third-order valence-corrected chi connectivity index (χ3v) is 7.29. The molecule has 0 aliphatic heterocycles. The Hall–Kier alpha value is -2.99. The lowest BCUT2D eigenvalue weighted by Crippen LogP contribution is -2.24. The van der Waals surface area contributed by atoms with E-state index in [1.807, 2.05) is 50.2 Å². The summed E-state index contributed by atoms with van der Waals surface area (Å²) in [6, 6.07) is 14.9. The summed E-state index contributed by atoms with van der Waals surface area (Å²) in [4.78, 5) is 17.8. The van der Waals surface area contributed by atoms with Gasteiger partial charge in [0.05, 0.1) is 22.2 Å². The summed E-state index contributed by atoms with van der Waals surface area (Å²) in [6.07, 6.45) is 8.08. The Morgan fingerprint density at radius 2 is 1.82 bits per heavy atom. The summed E-state index contributed by atoms with van der Waals surface area (Å²) < 4.78 is 18.5. The first-order chi connectivity index (χ1) is 16.0. The molecular weight excluding hydrogens is 432 g/mol. The molecule has 172 valence electrons. The summed E-state index contributed by atoms with van der Waals surface area (Å²) in [5.41, 5.74) is 4.67. The topological polar surface area (TPSA) is 72.2 Å². The van der Waals surface area contributed by atoms with Crippen LogP contribution in [0.1, 0.15) is 59.5 Å². The molecule has 1 heterocycles. The van der Waals surface area contributed by atoms with Gasteiger partial charge in [-0.15, -0.1) is 0 Å². The molecule has 0 bridgehead atoms. The molecule has 0 saturated carbocycles. The predicted molar refractivity (Wildman–Crippen MR) is 131 cm³/mol. The minimum atomic E-state index is -1.19. The van der Waals surface area contributed by atoms with E-state index in [1.165, 1.54) is 18.4 Å². The van der Waals surface area contributed by atoms with Gasteiger partial charge in [0.1, 0.15) is 5.76 Å². The Labute approximate surface area is 197 Å². The maximum atomic E-state index is 12.7. The molecule has 0 saturated heterocycles. The number of hydrogen-bond acceptors (Lipinski definition) is 4. The summed E-state index contributed by atoms with van der Waals surface area (Å²) in [7, 11) is -1.19. The minimum absolute atomic E-state index is 0.0734. The standard InChI is InChI=1S/C27H30N2O3S/c1-19-8-14-24(15-9-19)33(31)18-25-20(2)32-27(29-25)23-12-10-22(11-13-23)26(30)28-17-16-21-6-4-3-5-7-21/h6,8-15H,3-5,7,16-18H2,1-2H3,(H,28,30)/t33-/m0/s1. The summed E-state index contributed by atoms with van der Waals surface area (Å²) in [5.74, 6) is 1.36. The molecule has 1 aliphatic rings. The van der Waals surface area contributed by atoms with E-state index in [1.54, 1.807) is 12.1 Å². The van der Waals surface area contributed by atoms with E-state index in [0.29, 0.717) is 35.2 Å². The van der Waals surface area contributed by atoms with Crippen molar-refractivity contribution >= 4 is 16.7 Å². The molecule has 5 nitrogen and oxygen atoms in total. The molecule has 33 heavy (non-hydrogen) atoms. The van der Waals surface area contributed by atoms with Crippen molar-refractivity contribution in [2.45, 2.75) is 56.6 Å². The van der Waals surface area contributed by atoms with E-state index in [4.69, 9.17) is 4.42 Å². The van der Waals surface area contributed by atoms with Crippen molar-refractivity contribution in [3.63, 3.8) is 0 Å². The van der Waals surface area contributed by atoms with E-state index in [2.05, 4.69) is 16.4 Å². The molecule has 1 N–H and O–H groups in total. The highest BCUT2D eigenvalue weighted by molar-refractivity contribution is 7.84. The molecular formula is C27H30N2O3S. The van der Waals surface area contributed by atoms with E-state index in [9.17, 15) is 9.00 Å². The fourth-order valence-electron chi connectivity index (χ4n) is 3.92. The Morgan fingerprint density at radius 3 is 2.52 bits per heavy atom. The molecule has 0 unspecified atom stereocenters. The molecule has 0 spiro atoms. The monoisotopic (exact) mass is 462 g/mol. The number of nitrogens with one attached hydrogen (secondary N) is 1. The average Bonchev–Trinajstić information content (AvgIpc) is 3.20. The number of carbonyl (C=O) groups is 1. The number of hydrogen-bond donors (Lipinski definition) is 1. The Morgan fingerprint density at radius 1 is 1.06 bits per heavy atom. The molecule has 1 aliphatic carbocycles. The van der Waals surface area contributed by atoms with Crippen molar-refractivity contribution in [2.24, 2.45) is 0 Å². The highest BCUT2D eigenvalue weighted by Crippen LogP contribution is 2.24. The van der Waals surface area contributed by atoms with Crippen molar-refractivity contribution < 1.29 is 13.4 Å². The van der Waals surface area contributed by atoms with E-state index in [-0.39, 0.29) is 5.91 Å². The molecule has 1 atom stereocenters. The fourth-order valence-corrected chi connectivity index (χ4v) is 5.04. The molecule has 3 aromatic rings. The van der Waals surface area contributed by atoms with Crippen LogP contribution in [0.15, 0.2) is 69.5 Å². The number of carbonyl (C=O) groups excluding carboxylic acids is 1. The lowest BCUT2D eigenvalue weighted by molar-refractivity contribution is 0.0954. The van der Waals surface area contributed by atoms with Crippen molar-refractivity contribution in [3.8, 4) is 11.5 Å². The molecule has 0 radical (unpaired) electrons. The lowest BCUT2D eigenvalue weighted by Gasteiger charge is -2.13. The first-order valence-electron chi connectivity index (χ1n) is 11.5. The number of amides is 1. The van der Waals surface area contributed by atoms with Gasteiger partial charge in [-0.25, -0.2) is 4.98 Å². The number of benzene rings is 2. The fraction of sp³-hybridized carbons (Fsp3) is 0.333. The van der Waals surface area contributed by atoms with Crippen LogP contribution in [-0.4, -0.2) is 21.6 Å². The molecule has 2 aromatic carbocycles. The summed E-state index contributed by atoms with van der Waals surface area (Å²) in [6.45, 7) is 4.50. The smallest absolute Gasteiger partial charge is 0.251 e. The van der Waals surface area contributed by atoms with Crippen LogP contribution < -0.4 is 5.32 Å². The van der Waals surface area contributed by atoms with Gasteiger partial charge >= 0.3 is 0 Å². The largest absolute Gasteiger partial charge is 0.441 e. The SMILES string of the molecule is Cc1ccc([S@@](=O)Cc2nc(-c3ccc(C(=O)NCCC4=CCCCC4)cc3)oc2C)cc1. The van der Waals surface area contributed by atoms with E-state index in [0.717, 1.165) is 35.3 Å². The van der Waals surface area contributed by atoms with Crippen molar-refractivity contribution in [2.75, 3.05) is 6.54 Å². The van der Waals surface area contributed by atoms with Crippen molar-refractivity contribution in [3.05, 3.63) is 82.8 Å². The van der Waals surface area contributed by atoms with Gasteiger partial charge in [0, 0.05) is 22.6 Å². The second-order valence-corrected chi connectivity index (χ2v) is 9.97. The van der Waals surface area contributed by atoms with Gasteiger partial charge in [-0.2, -0.15) is 0 Å². The predicted octanol–water partition coefficient (Wildman–Crippen LogP) is 5.89. The van der Waals surface area contributed by atoms with Crippen LogP contribution in [0.3, 0.4) is 0 Å². The quantitative estimate of drug-likeness (QED) is 0.424. The normalized spacial score (nSPS) is 14.5. The first kappa shape index (κ1) is 23.2. The van der Waals surface area contributed by atoms with Crippen LogP contribution in [0.25, 0.3) is 11.5 Å². The van der Waals surface area contributed by atoms with Gasteiger partial charge in [-0.3, -0.25) is 9.00 Å². The first-order valence-corrected chi connectivity index (χ1v) is 12.8. The van der Waals surface area contributed by atoms with Gasteiger partial charge in [-0.1, -0.05) is 29.3 Å². The Balaban J connectivity index is 1.36. The van der Waals surface area contributed by atoms with Crippen LogP contribution >= 0.6 is 0 Å². The van der Waals surface area contributed by atoms with Crippen molar-refractivity contribution in [1.82, 2.24) is 10.3 Å². The molecule has 1 aromatic heterocycles. The number of aromatic nitrogens is 1. The minimum Gasteiger partial charge on any atom is -0.441 e. The molecule has 4 rings (SSSR count). The summed E-state index contributed by atoms with van der Waals surface area (Å²) >= 11 is 0. The van der Waals surface area contributed by atoms with E-state index < -0.39 is 10.8 Å². The molecule has 6 heteroatoms. The Kier molecular flexibility index (Phi) is 7.55. The van der Waals surface area contributed by atoms with Crippen molar-refractivity contribution in [1.29, 1.82) is 0 Å². The summed E-state index contributed by atoms with van der Waals surface area (Å²) in [5, 5.41) is 3.01. The number of nitrogens with zero attached hydrogens (tertiary/aromatic N) is 1.